The number of ether oxygens (including phenoxy) is 1. The molecule has 0 saturated heterocycles. The molecule has 0 radical (unpaired) electrons. The molecule has 25 heavy (non-hydrogen) atoms. The van der Waals surface area contributed by atoms with Crippen LogP contribution in [0.25, 0.3) is 0 Å². The van der Waals surface area contributed by atoms with Crippen molar-refractivity contribution in [2.45, 2.75) is 45.1 Å². The van der Waals surface area contributed by atoms with Gasteiger partial charge in [-0.25, -0.2) is 8.78 Å². The minimum Gasteiger partial charge on any atom is -0.481 e. The molecule has 0 bridgehead atoms. The minimum atomic E-state index is -0.819. The molecule has 1 atom stereocenters. The largest absolute Gasteiger partial charge is 0.481 e. The van der Waals surface area contributed by atoms with Gasteiger partial charge in [0.25, 0.3) is 5.91 Å². The fourth-order valence-corrected chi connectivity index (χ4v) is 3.09. The summed E-state index contributed by atoms with van der Waals surface area (Å²) in [5, 5.41) is 2.30. The number of hydrogen-bond donors (Lipinski definition) is 1. The van der Waals surface area contributed by atoms with Gasteiger partial charge in [-0.2, -0.15) is 0 Å². The maximum Gasteiger partial charge on any atom is 0.265 e. The minimum absolute atomic E-state index is 0.388. The number of nitrogens with one attached hydrogen (secondary N) is 1. The van der Waals surface area contributed by atoms with Gasteiger partial charge >= 0.3 is 0 Å². The van der Waals surface area contributed by atoms with Crippen molar-refractivity contribution in [3.05, 3.63) is 59.2 Å². The van der Waals surface area contributed by atoms with E-state index in [9.17, 15) is 13.6 Å². The summed E-state index contributed by atoms with van der Waals surface area (Å²) in [4.78, 5) is 12.4. The second-order valence-electron chi connectivity index (χ2n) is 6.24. The van der Waals surface area contributed by atoms with Gasteiger partial charge in [-0.05, 0) is 67.5 Å². The Morgan fingerprint density at radius 1 is 1.12 bits per heavy atom. The summed E-state index contributed by atoms with van der Waals surface area (Å²) >= 11 is 0. The molecule has 0 aliphatic heterocycles. The van der Waals surface area contributed by atoms with Crippen LogP contribution in [0.1, 0.15) is 37.3 Å². The number of benzene rings is 2. The molecule has 0 fully saturated rings. The monoisotopic (exact) mass is 345 g/mol. The topological polar surface area (TPSA) is 38.3 Å². The lowest BCUT2D eigenvalue weighted by Gasteiger charge is -2.20. The van der Waals surface area contributed by atoms with Crippen molar-refractivity contribution in [1.29, 1.82) is 0 Å². The van der Waals surface area contributed by atoms with E-state index in [0.29, 0.717) is 12.2 Å². The molecular formula is C20H21F2NO2. The first-order valence-electron chi connectivity index (χ1n) is 8.62. The van der Waals surface area contributed by atoms with Crippen LogP contribution in [0.4, 0.5) is 14.5 Å². The number of amides is 1. The van der Waals surface area contributed by atoms with Crippen molar-refractivity contribution < 1.29 is 18.3 Å². The fraction of sp³-hybridized carbons (Fsp3) is 0.350. The van der Waals surface area contributed by atoms with E-state index in [-0.39, 0.29) is 0 Å². The van der Waals surface area contributed by atoms with E-state index >= 15 is 0 Å². The van der Waals surface area contributed by atoms with Gasteiger partial charge in [0.2, 0.25) is 0 Å². The molecule has 3 rings (SSSR count). The number of carbonyl (C=O) groups is 1. The van der Waals surface area contributed by atoms with Crippen LogP contribution in [0.3, 0.4) is 0 Å². The fourth-order valence-electron chi connectivity index (χ4n) is 3.09. The molecule has 1 amide bonds. The Balaban J connectivity index is 1.73. The predicted octanol–water partition coefficient (Wildman–Crippen LogP) is 4.64. The number of hydrogen-bond acceptors (Lipinski definition) is 2. The Bertz CT molecular complexity index is 756. The highest BCUT2D eigenvalue weighted by atomic mass is 19.1. The van der Waals surface area contributed by atoms with Crippen molar-refractivity contribution in [2.75, 3.05) is 5.32 Å². The molecule has 0 heterocycles. The first-order chi connectivity index (χ1) is 12.1. The summed E-state index contributed by atoms with van der Waals surface area (Å²) in [5.41, 5.74) is 2.13. The number of fused-ring (bicyclic) bond motifs is 1. The van der Waals surface area contributed by atoms with Crippen LogP contribution in [-0.2, 0) is 17.6 Å². The Hall–Kier alpha value is -2.43. The first-order valence-corrected chi connectivity index (χ1v) is 8.62. The molecule has 1 aliphatic rings. The first kappa shape index (κ1) is 17.4. The van der Waals surface area contributed by atoms with E-state index in [1.165, 1.54) is 23.6 Å². The van der Waals surface area contributed by atoms with Gasteiger partial charge < -0.3 is 10.1 Å². The van der Waals surface area contributed by atoms with Gasteiger partial charge in [0.1, 0.15) is 23.1 Å². The molecule has 3 nitrogen and oxygen atoms in total. The van der Waals surface area contributed by atoms with Crippen molar-refractivity contribution in [2.24, 2.45) is 0 Å². The molecule has 1 N–H and O–H groups in total. The Labute approximate surface area is 146 Å². The molecule has 0 unspecified atom stereocenters. The average Bonchev–Trinajstić information content (AvgIpc) is 2.62. The van der Waals surface area contributed by atoms with Crippen LogP contribution in [0.5, 0.6) is 5.75 Å². The number of aryl methyl sites for hydroxylation is 2. The smallest absolute Gasteiger partial charge is 0.265 e. The highest BCUT2D eigenvalue weighted by Crippen LogP contribution is 2.26. The zero-order valence-corrected chi connectivity index (χ0v) is 14.1. The van der Waals surface area contributed by atoms with Gasteiger partial charge in [-0.1, -0.05) is 19.1 Å². The number of carbonyl (C=O) groups excluding carboxylic acids is 1. The van der Waals surface area contributed by atoms with Gasteiger partial charge in [0, 0.05) is 0 Å². The second kappa shape index (κ2) is 7.64. The van der Waals surface area contributed by atoms with E-state index in [1.54, 1.807) is 6.92 Å². The lowest BCUT2D eigenvalue weighted by molar-refractivity contribution is -0.122. The zero-order chi connectivity index (χ0) is 17.8. The summed E-state index contributed by atoms with van der Waals surface area (Å²) < 4.78 is 33.2. The van der Waals surface area contributed by atoms with Crippen molar-refractivity contribution >= 4 is 11.6 Å². The Morgan fingerprint density at radius 2 is 1.80 bits per heavy atom. The highest BCUT2D eigenvalue weighted by Gasteiger charge is 2.22. The number of para-hydroxylation sites is 1. The summed E-state index contributed by atoms with van der Waals surface area (Å²) in [6, 6.07) is 9.30. The normalized spacial score (nSPS) is 14.5. The Morgan fingerprint density at radius 3 is 2.48 bits per heavy atom. The maximum absolute atomic E-state index is 13.7. The number of rotatable bonds is 5. The van der Waals surface area contributed by atoms with Crippen LogP contribution in [0.2, 0.25) is 0 Å². The standard InChI is InChI=1S/C20H21F2NO2/c1-2-18(20(24)23-19-16(21)8-5-9-17(19)22)25-15-11-10-13-6-3-4-7-14(13)12-15/h5,8-12,18H,2-4,6-7H2,1H3,(H,23,24)/t18-/m1/s1. The Kier molecular flexibility index (Phi) is 5.31. The molecule has 2 aromatic carbocycles. The number of anilines is 1. The number of halogens is 2. The lowest BCUT2D eigenvalue weighted by atomic mass is 9.92. The summed E-state index contributed by atoms with van der Waals surface area (Å²) in [5.74, 6) is -1.57. The van der Waals surface area contributed by atoms with E-state index in [0.717, 1.165) is 31.4 Å². The van der Waals surface area contributed by atoms with Crippen molar-refractivity contribution in [1.82, 2.24) is 0 Å². The summed E-state index contributed by atoms with van der Waals surface area (Å²) in [6.45, 7) is 1.79. The quantitative estimate of drug-likeness (QED) is 0.857. The van der Waals surface area contributed by atoms with E-state index in [1.807, 2.05) is 18.2 Å². The van der Waals surface area contributed by atoms with Crippen LogP contribution < -0.4 is 10.1 Å². The lowest BCUT2D eigenvalue weighted by Crippen LogP contribution is -2.33. The molecule has 132 valence electrons. The average molecular weight is 345 g/mol. The van der Waals surface area contributed by atoms with Gasteiger partial charge in [-0.15, -0.1) is 0 Å². The van der Waals surface area contributed by atoms with Gasteiger partial charge in [0.05, 0.1) is 0 Å². The van der Waals surface area contributed by atoms with Crippen LogP contribution in [0, 0.1) is 11.6 Å². The molecular weight excluding hydrogens is 324 g/mol. The molecule has 0 saturated carbocycles. The van der Waals surface area contributed by atoms with E-state index in [4.69, 9.17) is 4.74 Å². The molecule has 5 heteroatoms. The predicted molar refractivity (Wildman–Crippen MR) is 92.8 cm³/mol. The van der Waals surface area contributed by atoms with E-state index in [2.05, 4.69) is 5.32 Å². The third-order valence-electron chi connectivity index (χ3n) is 4.47. The van der Waals surface area contributed by atoms with Gasteiger partial charge in [-0.3, -0.25) is 4.79 Å². The highest BCUT2D eigenvalue weighted by molar-refractivity contribution is 5.94. The van der Waals surface area contributed by atoms with Gasteiger partial charge in [0.15, 0.2) is 6.10 Å². The molecule has 1 aliphatic carbocycles. The van der Waals surface area contributed by atoms with Crippen molar-refractivity contribution in [3.8, 4) is 5.75 Å². The van der Waals surface area contributed by atoms with Crippen LogP contribution in [-0.4, -0.2) is 12.0 Å². The third-order valence-corrected chi connectivity index (χ3v) is 4.47. The molecule has 0 aromatic heterocycles. The zero-order valence-electron chi connectivity index (χ0n) is 14.1. The third kappa shape index (κ3) is 3.98. The SMILES string of the molecule is CC[C@@H](Oc1ccc2c(c1)CCCC2)C(=O)Nc1c(F)cccc1F. The van der Waals surface area contributed by atoms with Crippen LogP contribution >= 0.6 is 0 Å². The van der Waals surface area contributed by atoms with E-state index < -0.39 is 29.3 Å². The van der Waals surface area contributed by atoms with Crippen molar-refractivity contribution in [3.63, 3.8) is 0 Å². The molecule has 0 spiro atoms. The summed E-state index contributed by atoms with van der Waals surface area (Å²) in [6.07, 6.45) is 4.00. The second-order valence-corrected chi connectivity index (χ2v) is 6.24. The summed E-state index contributed by atoms with van der Waals surface area (Å²) in [7, 11) is 0. The maximum atomic E-state index is 13.7. The molecule has 2 aromatic rings. The van der Waals surface area contributed by atoms with Crippen LogP contribution in [0.15, 0.2) is 36.4 Å².